The van der Waals surface area contributed by atoms with E-state index < -0.39 is 26.6 Å². The number of carbonyl (C=O) groups is 1. The number of benzene rings is 2. The van der Waals surface area contributed by atoms with E-state index in [0.717, 1.165) is 12.1 Å². The molecule has 2 aromatic rings. The molecular formula is C13H12FN3O3S. The van der Waals surface area contributed by atoms with Gasteiger partial charge in [-0.15, -0.1) is 0 Å². The maximum absolute atomic E-state index is 13.6. The lowest BCUT2D eigenvalue weighted by Gasteiger charge is -2.10. The Bertz CT molecular complexity index is 806. The van der Waals surface area contributed by atoms with Gasteiger partial charge in [-0.1, -0.05) is 6.07 Å². The zero-order valence-corrected chi connectivity index (χ0v) is 11.5. The van der Waals surface area contributed by atoms with Gasteiger partial charge in [0.25, 0.3) is 10.0 Å². The van der Waals surface area contributed by atoms with Crippen LogP contribution in [0.25, 0.3) is 0 Å². The second-order valence-electron chi connectivity index (χ2n) is 4.24. The fourth-order valence-electron chi connectivity index (χ4n) is 1.67. The third-order valence-electron chi connectivity index (χ3n) is 2.64. The first-order valence-electron chi connectivity index (χ1n) is 5.77. The third-order valence-corrected chi connectivity index (χ3v) is 4.04. The summed E-state index contributed by atoms with van der Waals surface area (Å²) < 4.78 is 40.1. The monoisotopic (exact) mass is 309 g/mol. The predicted octanol–water partition coefficient (Wildman–Crippen LogP) is 1.31. The van der Waals surface area contributed by atoms with Crippen molar-refractivity contribution >= 4 is 27.3 Å². The Morgan fingerprint density at radius 1 is 1.14 bits per heavy atom. The first-order chi connectivity index (χ1) is 9.79. The lowest BCUT2D eigenvalue weighted by Crippen LogP contribution is -2.16. The van der Waals surface area contributed by atoms with Crippen LogP contribution in [0.4, 0.5) is 15.8 Å². The molecule has 1 amide bonds. The van der Waals surface area contributed by atoms with Crippen LogP contribution in [0.5, 0.6) is 0 Å². The summed E-state index contributed by atoms with van der Waals surface area (Å²) in [5.74, 6) is -1.63. The highest BCUT2D eigenvalue weighted by atomic mass is 32.2. The molecule has 0 saturated carbocycles. The zero-order valence-electron chi connectivity index (χ0n) is 10.7. The number of hydrogen-bond donors (Lipinski definition) is 3. The summed E-state index contributed by atoms with van der Waals surface area (Å²) in [6.45, 7) is 0. The predicted molar refractivity (Wildman–Crippen MR) is 76.6 cm³/mol. The number of hydrogen-bond acceptors (Lipinski definition) is 4. The van der Waals surface area contributed by atoms with Gasteiger partial charge < -0.3 is 11.5 Å². The molecule has 0 aliphatic rings. The van der Waals surface area contributed by atoms with Crippen molar-refractivity contribution in [2.45, 2.75) is 4.90 Å². The van der Waals surface area contributed by atoms with Crippen molar-refractivity contribution in [1.29, 1.82) is 0 Å². The van der Waals surface area contributed by atoms with Gasteiger partial charge in [-0.2, -0.15) is 0 Å². The van der Waals surface area contributed by atoms with Gasteiger partial charge in [-0.05, 0) is 36.4 Å². The molecule has 0 aromatic heterocycles. The average molecular weight is 309 g/mol. The Labute approximate surface area is 120 Å². The number of primary amides is 1. The zero-order chi connectivity index (χ0) is 15.6. The number of sulfonamides is 1. The molecule has 0 spiro atoms. The molecule has 21 heavy (non-hydrogen) atoms. The summed E-state index contributed by atoms with van der Waals surface area (Å²) >= 11 is 0. The lowest BCUT2D eigenvalue weighted by molar-refractivity contribution is 0.100. The van der Waals surface area contributed by atoms with E-state index >= 15 is 0 Å². The Morgan fingerprint density at radius 2 is 1.86 bits per heavy atom. The van der Waals surface area contributed by atoms with E-state index in [1.807, 2.05) is 0 Å². The molecule has 6 nitrogen and oxygen atoms in total. The number of amides is 1. The van der Waals surface area contributed by atoms with Crippen molar-refractivity contribution in [2.75, 3.05) is 10.5 Å². The van der Waals surface area contributed by atoms with Gasteiger partial charge in [-0.3, -0.25) is 9.52 Å². The van der Waals surface area contributed by atoms with Crippen LogP contribution in [0, 0.1) is 5.82 Å². The van der Waals surface area contributed by atoms with Crippen molar-refractivity contribution in [3.8, 4) is 0 Å². The highest BCUT2D eigenvalue weighted by Gasteiger charge is 2.19. The smallest absolute Gasteiger partial charge is 0.264 e. The summed E-state index contributed by atoms with van der Waals surface area (Å²) in [4.78, 5) is 10.5. The molecule has 0 heterocycles. The SMILES string of the molecule is NC(=O)c1cccc(NS(=O)(=O)c2cc(N)ccc2F)c1. The Morgan fingerprint density at radius 3 is 2.52 bits per heavy atom. The minimum absolute atomic E-state index is 0.0909. The van der Waals surface area contributed by atoms with E-state index in [1.165, 1.54) is 30.3 Å². The van der Waals surface area contributed by atoms with E-state index in [4.69, 9.17) is 11.5 Å². The second kappa shape index (κ2) is 5.41. The van der Waals surface area contributed by atoms with Gasteiger partial charge in [0.15, 0.2) is 0 Å². The summed E-state index contributed by atoms with van der Waals surface area (Å²) in [5, 5.41) is 0. The van der Waals surface area contributed by atoms with Crippen LogP contribution in [0.2, 0.25) is 0 Å². The number of anilines is 2. The molecule has 0 unspecified atom stereocenters. The normalized spacial score (nSPS) is 11.1. The highest BCUT2D eigenvalue weighted by molar-refractivity contribution is 7.92. The van der Waals surface area contributed by atoms with Gasteiger partial charge in [-0.25, -0.2) is 12.8 Å². The van der Waals surface area contributed by atoms with Crippen molar-refractivity contribution in [1.82, 2.24) is 0 Å². The fourth-order valence-corrected chi connectivity index (χ4v) is 2.84. The lowest BCUT2D eigenvalue weighted by atomic mass is 10.2. The minimum atomic E-state index is -4.17. The van der Waals surface area contributed by atoms with Gasteiger partial charge in [0.05, 0.1) is 0 Å². The number of halogens is 1. The molecule has 0 atom stereocenters. The molecule has 0 aliphatic heterocycles. The second-order valence-corrected chi connectivity index (χ2v) is 5.89. The molecule has 5 N–H and O–H groups in total. The Hall–Kier alpha value is -2.61. The topological polar surface area (TPSA) is 115 Å². The molecule has 110 valence electrons. The van der Waals surface area contributed by atoms with Gasteiger partial charge >= 0.3 is 0 Å². The molecule has 0 fully saturated rings. The van der Waals surface area contributed by atoms with Crippen LogP contribution < -0.4 is 16.2 Å². The molecule has 0 bridgehead atoms. The summed E-state index contributed by atoms with van der Waals surface area (Å²) in [7, 11) is -4.17. The standard InChI is InChI=1S/C13H12FN3O3S/c14-11-5-4-9(15)7-12(11)21(19,20)17-10-3-1-2-8(6-10)13(16)18/h1-7,17H,15H2,(H2,16,18). The summed E-state index contributed by atoms with van der Waals surface area (Å²) in [6, 6.07) is 8.77. The number of nitrogens with two attached hydrogens (primary N) is 2. The first kappa shape index (κ1) is 14.8. The largest absolute Gasteiger partial charge is 0.399 e. The summed E-state index contributed by atoms with van der Waals surface area (Å²) in [6.07, 6.45) is 0. The molecule has 2 aromatic carbocycles. The van der Waals surface area contributed by atoms with Gasteiger partial charge in [0.1, 0.15) is 10.7 Å². The van der Waals surface area contributed by atoms with Crippen LogP contribution in [0.1, 0.15) is 10.4 Å². The molecule has 2 rings (SSSR count). The van der Waals surface area contributed by atoms with Crippen molar-refractivity contribution in [2.24, 2.45) is 5.73 Å². The Balaban J connectivity index is 2.40. The van der Waals surface area contributed by atoms with Crippen LogP contribution in [0.3, 0.4) is 0 Å². The fraction of sp³-hybridized carbons (Fsp3) is 0. The molecule has 0 radical (unpaired) electrons. The van der Waals surface area contributed by atoms with E-state index in [0.29, 0.717) is 0 Å². The molecule has 8 heteroatoms. The van der Waals surface area contributed by atoms with Crippen LogP contribution in [-0.4, -0.2) is 14.3 Å². The van der Waals surface area contributed by atoms with Gasteiger partial charge in [0, 0.05) is 16.9 Å². The van der Waals surface area contributed by atoms with Gasteiger partial charge in [0.2, 0.25) is 5.91 Å². The van der Waals surface area contributed by atoms with Crippen molar-refractivity contribution in [3.05, 3.63) is 53.8 Å². The number of nitrogens with one attached hydrogen (secondary N) is 1. The number of rotatable bonds is 4. The molecule has 0 aliphatic carbocycles. The van der Waals surface area contributed by atoms with Crippen molar-refractivity contribution in [3.63, 3.8) is 0 Å². The van der Waals surface area contributed by atoms with Crippen LogP contribution >= 0.6 is 0 Å². The maximum Gasteiger partial charge on any atom is 0.264 e. The molecule has 0 saturated heterocycles. The Kier molecular flexibility index (Phi) is 3.81. The van der Waals surface area contributed by atoms with E-state index in [2.05, 4.69) is 4.72 Å². The quantitative estimate of drug-likeness (QED) is 0.738. The average Bonchev–Trinajstić information content (AvgIpc) is 2.41. The minimum Gasteiger partial charge on any atom is -0.399 e. The van der Waals surface area contributed by atoms with E-state index in [1.54, 1.807) is 0 Å². The maximum atomic E-state index is 13.6. The number of carbonyl (C=O) groups excluding carboxylic acids is 1. The van der Waals surface area contributed by atoms with Crippen LogP contribution in [-0.2, 0) is 10.0 Å². The van der Waals surface area contributed by atoms with Crippen molar-refractivity contribution < 1.29 is 17.6 Å². The highest BCUT2D eigenvalue weighted by Crippen LogP contribution is 2.21. The molecular weight excluding hydrogens is 297 g/mol. The first-order valence-corrected chi connectivity index (χ1v) is 7.25. The van der Waals surface area contributed by atoms with E-state index in [-0.39, 0.29) is 16.9 Å². The number of nitrogen functional groups attached to an aromatic ring is 1. The third kappa shape index (κ3) is 3.29. The van der Waals surface area contributed by atoms with E-state index in [9.17, 15) is 17.6 Å². The summed E-state index contributed by atoms with van der Waals surface area (Å²) in [5.41, 5.74) is 10.9. The van der Waals surface area contributed by atoms with Crippen LogP contribution in [0.15, 0.2) is 47.4 Å².